The van der Waals surface area contributed by atoms with Crippen molar-refractivity contribution in [3.05, 3.63) is 91.0 Å². The van der Waals surface area contributed by atoms with Crippen LogP contribution in [0.4, 0.5) is 14.5 Å². The van der Waals surface area contributed by atoms with E-state index in [1.54, 1.807) is 49.4 Å². The van der Waals surface area contributed by atoms with Gasteiger partial charge in [0.05, 0.1) is 39.8 Å². The molecule has 0 saturated heterocycles. The van der Waals surface area contributed by atoms with Gasteiger partial charge in [-0.1, -0.05) is 46.4 Å². The molecular weight excluding hydrogens is 704 g/mol. The van der Waals surface area contributed by atoms with Crippen molar-refractivity contribution in [3.8, 4) is 22.9 Å². The van der Waals surface area contributed by atoms with Gasteiger partial charge in [0.1, 0.15) is 23.1 Å². The van der Waals surface area contributed by atoms with Gasteiger partial charge < -0.3 is 14.2 Å². The topological polar surface area (TPSA) is 131 Å². The molecular formula is C27H24Cl4F2N4O7S. The van der Waals surface area contributed by atoms with E-state index >= 15 is 0 Å². The number of nitrogens with zero attached hydrogens (tertiary/aromatic N) is 3. The Balaban J connectivity index is 0.000000246. The van der Waals surface area contributed by atoms with Crippen LogP contribution < -0.4 is 19.9 Å². The minimum Gasteiger partial charge on any atom is -0.479 e. The third kappa shape index (κ3) is 9.71. The van der Waals surface area contributed by atoms with Crippen LogP contribution in [0.3, 0.4) is 0 Å². The van der Waals surface area contributed by atoms with Gasteiger partial charge in [0, 0.05) is 5.02 Å². The summed E-state index contributed by atoms with van der Waals surface area (Å²) in [7, 11) is -2.33. The Morgan fingerprint density at radius 3 is 2.11 bits per heavy atom. The maximum absolute atomic E-state index is 12.8. The third-order valence-corrected chi connectivity index (χ3v) is 7.26. The SMILES string of the molecule is COC(=O)C(C)Oc1ccc(Oc2ccc(Cl)cc2Cl)cc1.Cc1nn(-c2cc(NS(C)(=O)=O)c(Cl)cc2Cl)c(=O)n1C(F)F. The van der Waals surface area contributed by atoms with Gasteiger partial charge in [-0.2, -0.15) is 13.5 Å². The van der Waals surface area contributed by atoms with E-state index in [2.05, 4.69) is 14.6 Å². The number of anilines is 1. The lowest BCUT2D eigenvalue weighted by Crippen LogP contribution is -2.25. The zero-order valence-corrected chi connectivity index (χ0v) is 27.6. The highest BCUT2D eigenvalue weighted by Gasteiger charge is 2.21. The summed E-state index contributed by atoms with van der Waals surface area (Å²) in [6.07, 6.45) is 0.224. The Kier molecular flexibility index (Phi) is 12.1. The lowest BCUT2D eigenvalue weighted by atomic mass is 10.3. The number of carbonyl (C=O) groups excluding carboxylic acids is 1. The first-order valence-electron chi connectivity index (χ1n) is 12.4. The third-order valence-electron chi connectivity index (χ3n) is 5.53. The number of carbonyl (C=O) groups is 1. The summed E-state index contributed by atoms with van der Waals surface area (Å²) >= 11 is 23.7. The molecule has 18 heteroatoms. The summed E-state index contributed by atoms with van der Waals surface area (Å²) in [6, 6.07) is 14.1. The number of aryl methyl sites for hydroxylation is 1. The van der Waals surface area contributed by atoms with Gasteiger partial charge in [-0.25, -0.2) is 22.6 Å². The van der Waals surface area contributed by atoms with Crippen LogP contribution in [0.1, 0.15) is 19.3 Å². The van der Waals surface area contributed by atoms with Crippen LogP contribution in [0, 0.1) is 6.92 Å². The molecule has 0 radical (unpaired) electrons. The summed E-state index contributed by atoms with van der Waals surface area (Å²) in [5.41, 5.74) is -1.27. The number of hydrogen-bond donors (Lipinski definition) is 1. The molecule has 45 heavy (non-hydrogen) atoms. The molecule has 0 fully saturated rings. The van der Waals surface area contributed by atoms with E-state index in [1.807, 2.05) is 0 Å². The van der Waals surface area contributed by atoms with Crippen LogP contribution in [0.5, 0.6) is 17.2 Å². The maximum Gasteiger partial charge on any atom is 0.355 e. The Bertz CT molecular complexity index is 1850. The van der Waals surface area contributed by atoms with E-state index in [0.29, 0.717) is 32.0 Å². The molecule has 0 aliphatic carbocycles. The van der Waals surface area contributed by atoms with Gasteiger partial charge in [-0.3, -0.25) is 4.72 Å². The van der Waals surface area contributed by atoms with E-state index in [9.17, 15) is 26.8 Å². The second kappa shape index (κ2) is 15.1. The molecule has 0 aliphatic heterocycles. The lowest BCUT2D eigenvalue weighted by molar-refractivity contribution is -0.147. The van der Waals surface area contributed by atoms with Crippen LogP contribution in [0.25, 0.3) is 5.69 Å². The standard InChI is InChI=1S/C16H14Cl2O4.C11H10Cl2F2N4O3S/c1-10(16(19)20-2)21-12-4-6-13(7-5-12)22-15-8-3-11(17)9-14(15)18;1-5-16-19(11(20)18(5)10(14)15)9-4-8(17-23(2,21)22)6(12)3-7(9)13/h3-10H,1-2H3;3-4,10,17H,1-2H3. The fourth-order valence-corrected chi connectivity index (χ4v) is 5.11. The Morgan fingerprint density at radius 1 is 0.956 bits per heavy atom. The van der Waals surface area contributed by atoms with Crippen molar-refractivity contribution < 1.29 is 36.2 Å². The summed E-state index contributed by atoms with van der Waals surface area (Å²) in [6.45, 7) is -0.233. The fourth-order valence-electron chi connectivity index (χ4n) is 3.52. The molecule has 1 heterocycles. The van der Waals surface area contributed by atoms with Gasteiger partial charge in [0.2, 0.25) is 10.0 Å². The Hall–Kier alpha value is -3.56. The maximum atomic E-state index is 12.8. The van der Waals surface area contributed by atoms with Gasteiger partial charge >= 0.3 is 18.2 Å². The minimum absolute atomic E-state index is 0.0257. The van der Waals surface area contributed by atoms with Crippen molar-refractivity contribution in [2.75, 3.05) is 18.1 Å². The van der Waals surface area contributed by atoms with Gasteiger partial charge in [-0.05, 0) is 68.4 Å². The number of ether oxygens (including phenoxy) is 3. The monoisotopic (exact) mass is 726 g/mol. The van der Waals surface area contributed by atoms with Crippen LogP contribution in [-0.4, -0.2) is 48.2 Å². The highest BCUT2D eigenvalue weighted by molar-refractivity contribution is 7.92. The van der Waals surface area contributed by atoms with E-state index in [0.717, 1.165) is 12.3 Å². The van der Waals surface area contributed by atoms with Crippen LogP contribution in [-0.2, 0) is 19.6 Å². The van der Waals surface area contributed by atoms with Crippen molar-refractivity contribution >= 4 is 68.1 Å². The molecule has 0 bridgehead atoms. The molecule has 0 spiro atoms. The highest BCUT2D eigenvalue weighted by atomic mass is 35.5. The first-order valence-corrected chi connectivity index (χ1v) is 15.8. The summed E-state index contributed by atoms with van der Waals surface area (Å²) < 4.78 is 67.0. The smallest absolute Gasteiger partial charge is 0.355 e. The second-order valence-electron chi connectivity index (χ2n) is 8.98. The van der Waals surface area contributed by atoms with Gasteiger partial charge in [0.15, 0.2) is 6.10 Å². The van der Waals surface area contributed by atoms with Crippen molar-refractivity contribution in [1.29, 1.82) is 0 Å². The molecule has 4 aromatic rings. The van der Waals surface area contributed by atoms with E-state index in [1.165, 1.54) is 20.1 Å². The first-order chi connectivity index (χ1) is 21.0. The lowest BCUT2D eigenvalue weighted by Gasteiger charge is -2.13. The molecule has 0 saturated carbocycles. The summed E-state index contributed by atoms with van der Waals surface area (Å²) in [4.78, 5) is 23.3. The number of esters is 1. The molecule has 1 aromatic heterocycles. The Labute approximate surface area is 276 Å². The average Bonchev–Trinajstić information content (AvgIpc) is 3.25. The van der Waals surface area contributed by atoms with Crippen molar-refractivity contribution in [1.82, 2.24) is 14.3 Å². The van der Waals surface area contributed by atoms with Crippen molar-refractivity contribution in [3.63, 3.8) is 0 Å². The number of rotatable bonds is 9. The largest absolute Gasteiger partial charge is 0.479 e. The molecule has 0 amide bonds. The molecule has 1 N–H and O–H groups in total. The summed E-state index contributed by atoms with van der Waals surface area (Å²) in [5.74, 6) is 0.958. The summed E-state index contributed by atoms with van der Waals surface area (Å²) in [5, 5.41) is 4.59. The van der Waals surface area contributed by atoms with Gasteiger partial charge in [0.25, 0.3) is 0 Å². The number of sulfonamides is 1. The van der Waals surface area contributed by atoms with Gasteiger partial charge in [-0.15, -0.1) is 5.10 Å². The molecule has 3 aromatic carbocycles. The minimum atomic E-state index is -3.65. The molecule has 11 nitrogen and oxygen atoms in total. The number of aromatic nitrogens is 3. The average molecular weight is 728 g/mol. The predicted molar refractivity (Wildman–Crippen MR) is 167 cm³/mol. The predicted octanol–water partition coefficient (Wildman–Crippen LogP) is 7.14. The quantitative estimate of drug-likeness (QED) is 0.180. The first kappa shape index (κ1) is 35.9. The normalized spacial score (nSPS) is 11.8. The zero-order valence-electron chi connectivity index (χ0n) is 23.7. The molecule has 242 valence electrons. The molecule has 0 aliphatic rings. The van der Waals surface area contributed by atoms with E-state index in [4.69, 9.17) is 55.9 Å². The second-order valence-corrected chi connectivity index (χ2v) is 12.4. The van der Waals surface area contributed by atoms with E-state index < -0.39 is 34.3 Å². The number of benzene rings is 3. The number of methoxy groups -OCH3 is 1. The molecule has 4 rings (SSSR count). The number of hydrogen-bond acceptors (Lipinski definition) is 8. The van der Waals surface area contributed by atoms with Crippen LogP contribution >= 0.6 is 46.4 Å². The Morgan fingerprint density at radius 2 is 1.58 bits per heavy atom. The number of alkyl halides is 2. The molecule has 1 atom stereocenters. The molecule has 1 unspecified atom stereocenters. The highest BCUT2D eigenvalue weighted by Crippen LogP contribution is 2.33. The number of halogens is 6. The van der Waals surface area contributed by atoms with Crippen molar-refractivity contribution in [2.24, 2.45) is 0 Å². The van der Waals surface area contributed by atoms with Crippen LogP contribution in [0.2, 0.25) is 20.1 Å². The van der Waals surface area contributed by atoms with Crippen molar-refractivity contribution in [2.45, 2.75) is 26.5 Å². The van der Waals surface area contributed by atoms with Crippen LogP contribution in [0.15, 0.2) is 59.4 Å². The number of nitrogens with one attached hydrogen (secondary N) is 1. The fraction of sp³-hybridized carbons (Fsp3) is 0.222. The zero-order chi connectivity index (χ0) is 33.6. The van der Waals surface area contributed by atoms with E-state index in [-0.39, 0.29) is 31.8 Å².